The Balaban J connectivity index is 1.73. The molecule has 0 spiro atoms. The van der Waals surface area contributed by atoms with Crippen molar-refractivity contribution in [1.29, 1.82) is 0 Å². The van der Waals surface area contributed by atoms with E-state index in [1.165, 1.54) is 10.7 Å². The lowest BCUT2D eigenvalue weighted by Crippen LogP contribution is -2.45. The van der Waals surface area contributed by atoms with E-state index in [9.17, 15) is 13.2 Å². The number of hydrogen-bond donors (Lipinski definition) is 1. The minimum atomic E-state index is -4.43. The Hall–Kier alpha value is -2.84. The molecule has 0 aliphatic carbocycles. The fraction of sp³-hybridized carbons (Fsp3) is 0.348. The Labute approximate surface area is 179 Å². The zero-order chi connectivity index (χ0) is 22.0. The summed E-state index contributed by atoms with van der Waals surface area (Å²) < 4.78 is 41.1. The van der Waals surface area contributed by atoms with E-state index in [1.807, 2.05) is 30.3 Å². The van der Waals surface area contributed by atoms with Crippen LogP contribution in [0.4, 0.5) is 19.0 Å². The van der Waals surface area contributed by atoms with Crippen LogP contribution in [0.1, 0.15) is 18.2 Å². The van der Waals surface area contributed by atoms with E-state index in [4.69, 9.17) is 5.73 Å². The molecule has 0 saturated carbocycles. The summed E-state index contributed by atoms with van der Waals surface area (Å²) in [4.78, 5) is 4.71. The number of piperazine rings is 1. The Morgan fingerprint density at radius 3 is 2.26 bits per heavy atom. The van der Waals surface area contributed by atoms with Crippen LogP contribution in [0.3, 0.4) is 0 Å². The first-order valence-electron chi connectivity index (χ1n) is 10.4. The maximum Gasteiger partial charge on any atom is 0.416 e. The molecule has 3 aromatic rings. The molecular formula is C23H26F3N5. The van der Waals surface area contributed by atoms with Crippen molar-refractivity contribution in [2.24, 2.45) is 0 Å². The number of anilines is 1. The third-order valence-corrected chi connectivity index (χ3v) is 5.76. The van der Waals surface area contributed by atoms with Gasteiger partial charge < -0.3 is 10.6 Å². The monoisotopic (exact) mass is 429 g/mol. The van der Waals surface area contributed by atoms with Crippen LogP contribution in [0.25, 0.3) is 16.8 Å². The van der Waals surface area contributed by atoms with Crippen LogP contribution in [0, 0.1) is 0 Å². The molecule has 2 N–H and O–H groups in total. The van der Waals surface area contributed by atoms with Gasteiger partial charge in [-0.25, -0.2) is 4.68 Å². The van der Waals surface area contributed by atoms with Gasteiger partial charge in [-0.05, 0) is 30.3 Å². The lowest BCUT2D eigenvalue weighted by atomic mass is 10.0. The van der Waals surface area contributed by atoms with Gasteiger partial charge in [-0.3, -0.25) is 4.90 Å². The molecule has 0 atom stereocenters. The van der Waals surface area contributed by atoms with Crippen molar-refractivity contribution in [2.75, 3.05) is 38.5 Å². The minimum absolute atomic E-state index is 0.298. The molecule has 1 aliphatic heterocycles. The second-order valence-electron chi connectivity index (χ2n) is 7.74. The van der Waals surface area contributed by atoms with E-state index in [-0.39, 0.29) is 0 Å². The van der Waals surface area contributed by atoms with Crippen LogP contribution in [-0.4, -0.2) is 52.3 Å². The Bertz CT molecular complexity index is 1020. The molecule has 0 radical (unpaired) electrons. The number of benzene rings is 2. The summed E-state index contributed by atoms with van der Waals surface area (Å²) in [6.45, 7) is 7.58. The molecule has 0 amide bonds. The summed E-state index contributed by atoms with van der Waals surface area (Å²) >= 11 is 0. The molecule has 1 aromatic heterocycles. The van der Waals surface area contributed by atoms with Gasteiger partial charge in [-0.15, -0.1) is 0 Å². The Kier molecular flexibility index (Phi) is 6.02. The van der Waals surface area contributed by atoms with Crippen LogP contribution in [0.15, 0.2) is 54.6 Å². The maximum atomic E-state index is 13.2. The minimum Gasteiger partial charge on any atom is -0.383 e. The smallest absolute Gasteiger partial charge is 0.383 e. The molecule has 5 nitrogen and oxygen atoms in total. The lowest BCUT2D eigenvalue weighted by molar-refractivity contribution is -0.137. The highest BCUT2D eigenvalue weighted by Crippen LogP contribution is 2.34. The number of hydrogen-bond acceptors (Lipinski definition) is 4. The summed E-state index contributed by atoms with van der Waals surface area (Å²) in [5.74, 6) is 0.340. The van der Waals surface area contributed by atoms with Gasteiger partial charge in [0.25, 0.3) is 0 Å². The van der Waals surface area contributed by atoms with E-state index in [0.717, 1.165) is 61.7 Å². The van der Waals surface area contributed by atoms with Gasteiger partial charge in [0.1, 0.15) is 5.82 Å². The molecule has 31 heavy (non-hydrogen) atoms. The number of nitrogens with zero attached hydrogens (tertiary/aromatic N) is 4. The fourth-order valence-electron chi connectivity index (χ4n) is 3.99. The molecule has 4 rings (SSSR count). The van der Waals surface area contributed by atoms with E-state index in [0.29, 0.717) is 18.1 Å². The zero-order valence-electron chi connectivity index (χ0n) is 17.4. The van der Waals surface area contributed by atoms with Crippen LogP contribution in [0.5, 0.6) is 0 Å². The second kappa shape index (κ2) is 8.72. The summed E-state index contributed by atoms with van der Waals surface area (Å²) in [7, 11) is 0. The first kappa shape index (κ1) is 21.4. The number of rotatable bonds is 5. The first-order valence-corrected chi connectivity index (χ1v) is 10.4. The standard InChI is InChI=1S/C23H26F3N5/c1-2-29-11-13-30(14-12-29)16-20-21(17-7-4-3-5-8-17)22(27)31(28-20)19-10-6-9-18(15-19)23(24,25)26/h3-10,15H,2,11-14,16,27H2,1H3. The van der Waals surface area contributed by atoms with Gasteiger partial charge >= 0.3 is 6.18 Å². The summed E-state index contributed by atoms with van der Waals surface area (Å²) in [5.41, 5.74) is 8.49. The van der Waals surface area contributed by atoms with Crippen LogP contribution in [0.2, 0.25) is 0 Å². The van der Waals surface area contributed by atoms with Crippen molar-refractivity contribution in [2.45, 2.75) is 19.6 Å². The van der Waals surface area contributed by atoms with Crippen LogP contribution < -0.4 is 5.73 Å². The van der Waals surface area contributed by atoms with Gasteiger partial charge in [0.2, 0.25) is 0 Å². The topological polar surface area (TPSA) is 50.3 Å². The molecule has 2 aromatic carbocycles. The Morgan fingerprint density at radius 1 is 0.935 bits per heavy atom. The molecule has 1 saturated heterocycles. The first-order chi connectivity index (χ1) is 14.9. The predicted molar refractivity (Wildman–Crippen MR) is 116 cm³/mol. The zero-order valence-corrected chi connectivity index (χ0v) is 17.4. The van der Waals surface area contributed by atoms with Gasteiger partial charge in [0.05, 0.1) is 16.9 Å². The maximum absolute atomic E-state index is 13.2. The number of likely N-dealkylation sites (N-methyl/N-ethyl adjacent to an activating group) is 1. The van der Waals surface area contributed by atoms with Crippen LogP contribution >= 0.6 is 0 Å². The van der Waals surface area contributed by atoms with E-state index in [1.54, 1.807) is 6.07 Å². The quantitative estimate of drug-likeness (QED) is 0.658. The molecule has 8 heteroatoms. The average molecular weight is 429 g/mol. The number of halogens is 3. The lowest BCUT2D eigenvalue weighted by Gasteiger charge is -2.33. The molecule has 2 heterocycles. The predicted octanol–water partition coefficient (Wildman–Crippen LogP) is 4.28. The van der Waals surface area contributed by atoms with Crippen molar-refractivity contribution in [3.05, 3.63) is 65.9 Å². The summed E-state index contributed by atoms with van der Waals surface area (Å²) in [5, 5.41) is 4.68. The van der Waals surface area contributed by atoms with Gasteiger partial charge in [0, 0.05) is 38.3 Å². The second-order valence-corrected chi connectivity index (χ2v) is 7.74. The van der Waals surface area contributed by atoms with E-state index >= 15 is 0 Å². The van der Waals surface area contributed by atoms with Gasteiger partial charge in [-0.2, -0.15) is 18.3 Å². The third kappa shape index (κ3) is 4.60. The fourth-order valence-corrected chi connectivity index (χ4v) is 3.99. The molecule has 1 aliphatic rings. The van der Waals surface area contributed by atoms with Crippen molar-refractivity contribution < 1.29 is 13.2 Å². The molecule has 164 valence electrons. The molecule has 0 bridgehead atoms. The van der Waals surface area contributed by atoms with Crippen molar-refractivity contribution in [3.8, 4) is 16.8 Å². The van der Waals surface area contributed by atoms with Crippen molar-refractivity contribution in [3.63, 3.8) is 0 Å². The highest BCUT2D eigenvalue weighted by atomic mass is 19.4. The van der Waals surface area contributed by atoms with Crippen molar-refractivity contribution in [1.82, 2.24) is 19.6 Å². The number of nitrogens with two attached hydrogens (primary N) is 1. The van der Waals surface area contributed by atoms with E-state index < -0.39 is 11.7 Å². The molecular weight excluding hydrogens is 403 g/mol. The Morgan fingerprint density at radius 2 is 1.61 bits per heavy atom. The van der Waals surface area contributed by atoms with Crippen molar-refractivity contribution >= 4 is 5.82 Å². The summed E-state index contributed by atoms with van der Waals surface area (Å²) in [6.07, 6.45) is -4.43. The normalized spacial score (nSPS) is 16.0. The average Bonchev–Trinajstić information content (AvgIpc) is 3.10. The van der Waals surface area contributed by atoms with Crippen LogP contribution in [-0.2, 0) is 12.7 Å². The third-order valence-electron chi connectivity index (χ3n) is 5.76. The number of nitrogen functional groups attached to an aromatic ring is 1. The van der Waals surface area contributed by atoms with Gasteiger partial charge in [0.15, 0.2) is 0 Å². The van der Waals surface area contributed by atoms with Gasteiger partial charge in [-0.1, -0.05) is 43.3 Å². The van der Waals surface area contributed by atoms with E-state index in [2.05, 4.69) is 21.8 Å². The SMILES string of the molecule is CCN1CCN(Cc2nn(-c3cccc(C(F)(F)F)c3)c(N)c2-c2ccccc2)CC1. The largest absolute Gasteiger partial charge is 0.416 e. The molecule has 0 unspecified atom stereocenters. The highest BCUT2D eigenvalue weighted by molar-refractivity contribution is 5.77. The summed E-state index contributed by atoms with van der Waals surface area (Å²) in [6, 6.07) is 14.8. The molecule has 1 fully saturated rings. The number of alkyl halides is 3. The number of aromatic nitrogens is 2. The highest BCUT2D eigenvalue weighted by Gasteiger charge is 2.31.